The molecule has 3 aromatic carbocycles. The van der Waals surface area contributed by atoms with Crippen LogP contribution >= 0.6 is 0 Å². The third kappa shape index (κ3) is 2.34. The van der Waals surface area contributed by atoms with Gasteiger partial charge in [-0.05, 0) is 37.3 Å². The molecule has 0 atom stereocenters. The number of carbonyl (C=O) groups excluding carboxylic acids is 1. The zero-order valence-electron chi connectivity index (χ0n) is 13.8. The number of hydrogen-bond acceptors (Lipinski definition) is 3. The molecule has 0 N–H and O–H groups in total. The van der Waals surface area contributed by atoms with Crippen molar-refractivity contribution in [3.63, 3.8) is 0 Å². The van der Waals surface area contributed by atoms with Gasteiger partial charge in [-0.25, -0.2) is 12.8 Å². The molecule has 3 aromatic rings. The quantitative estimate of drug-likeness (QED) is 0.649. The van der Waals surface area contributed by atoms with E-state index < -0.39 is 21.7 Å². The molecule has 1 aliphatic rings. The van der Waals surface area contributed by atoms with Crippen LogP contribution in [-0.4, -0.2) is 14.3 Å². The number of halogens is 1. The van der Waals surface area contributed by atoms with Gasteiger partial charge in [-0.3, -0.25) is 4.79 Å². The molecule has 1 amide bonds. The fraction of sp³-hybridized carbons (Fsp3) is 0.0500. The largest absolute Gasteiger partial charge is 0.275 e. The Morgan fingerprint density at radius 1 is 0.923 bits per heavy atom. The monoisotopic (exact) mass is 367 g/mol. The molecule has 1 aliphatic heterocycles. The highest BCUT2D eigenvalue weighted by Crippen LogP contribution is 2.44. The van der Waals surface area contributed by atoms with E-state index in [0.717, 1.165) is 11.6 Å². The van der Waals surface area contributed by atoms with Gasteiger partial charge in [0.05, 0.1) is 16.1 Å². The van der Waals surface area contributed by atoms with Crippen molar-refractivity contribution in [2.45, 2.75) is 11.8 Å². The third-order valence-corrected chi connectivity index (χ3v) is 6.11. The lowest BCUT2D eigenvalue weighted by Crippen LogP contribution is -2.40. The third-order valence-electron chi connectivity index (χ3n) is 4.36. The minimum absolute atomic E-state index is 0.0304. The van der Waals surface area contributed by atoms with Crippen LogP contribution in [-0.2, 0) is 10.0 Å². The number of hydrogen-bond donors (Lipinski definition) is 0. The van der Waals surface area contributed by atoms with Gasteiger partial charge < -0.3 is 0 Å². The van der Waals surface area contributed by atoms with Crippen molar-refractivity contribution < 1.29 is 17.6 Å². The minimum Gasteiger partial charge on any atom is -0.267 e. The Morgan fingerprint density at radius 3 is 2.38 bits per heavy atom. The summed E-state index contributed by atoms with van der Waals surface area (Å²) in [5.74, 6) is -1.68. The fourth-order valence-electron chi connectivity index (χ4n) is 3.15. The normalized spacial score (nSPS) is 14.5. The van der Waals surface area contributed by atoms with Gasteiger partial charge in [-0.1, -0.05) is 42.0 Å². The molecule has 1 heterocycles. The number of carbonyl (C=O) groups is 1. The fourth-order valence-corrected chi connectivity index (χ4v) is 4.79. The zero-order chi connectivity index (χ0) is 18.5. The Morgan fingerprint density at radius 2 is 1.62 bits per heavy atom. The Labute approximate surface area is 150 Å². The van der Waals surface area contributed by atoms with Gasteiger partial charge >= 0.3 is 0 Å². The van der Waals surface area contributed by atoms with Gasteiger partial charge in [0.15, 0.2) is 0 Å². The van der Waals surface area contributed by atoms with Crippen molar-refractivity contribution in [3.05, 3.63) is 83.7 Å². The van der Waals surface area contributed by atoms with Crippen LogP contribution in [0.2, 0.25) is 0 Å². The first kappa shape index (κ1) is 16.5. The lowest BCUT2D eigenvalue weighted by atomic mass is 10.0. The number of benzene rings is 3. The van der Waals surface area contributed by atoms with Crippen LogP contribution < -0.4 is 4.31 Å². The number of nitrogens with zero attached hydrogens (tertiary/aromatic N) is 1. The van der Waals surface area contributed by atoms with Gasteiger partial charge in [0.2, 0.25) is 0 Å². The highest BCUT2D eigenvalue weighted by atomic mass is 32.2. The molecule has 0 saturated carbocycles. The SMILES string of the molecule is Cc1ccc2c(c1)-c1ccccc1S(=O)(=O)N2C(=O)c1ccccc1F. The molecular formula is C20H14FNO3S. The topological polar surface area (TPSA) is 54.5 Å². The second-order valence-corrected chi connectivity index (χ2v) is 7.83. The van der Waals surface area contributed by atoms with Crippen molar-refractivity contribution in [1.29, 1.82) is 0 Å². The van der Waals surface area contributed by atoms with Crippen LogP contribution in [0.4, 0.5) is 10.1 Å². The highest BCUT2D eigenvalue weighted by molar-refractivity contribution is 7.93. The average Bonchev–Trinajstić information content (AvgIpc) is 2.62. The van der Waals surface area contributed by atoms with E-state index in [1.54, 1.807) is 30.3 Å². The van der Waals surface area contributed by atoms with Gasteiger partial charge in [0.25, 0.3) is 15.9 Å². The molecule has 0 unspecified atom stereocenters. The first-order valence-electron chi connectivity index (χ1n) is 7.95. The number of sulfonamides is 1. The number of rotatable bonds is 1. The summed E-state index contributed by atoms with van der Waals surface area (Å²) in [6.07, 6.45) is 0. The average molecular weight is 367 g/mol. The Bertz CT molecular complexity index is 1160. The van der Waals surface area contributed by atoms with Gasteiger partial charge in [-0.15, -0.1) is 0 Å². The second kappa shape index (κ2) is 5.78. The molecular weight excluding hydrogens is 353 g/mol. The van der Waals surface area contributed by atoms with Crippen molar-refractivity contribution >= 4 is 21.6 Å². The molecule has 0 spiro atoms. The zero-order valence-corrected chi connectivity index (χ0v) is 14.6. The van der Waals surface area contributed by atoms with Crippen molar-refractivity contribution in [2.24, 2.45) is 0 Å². The molecule has 0 radical (unpaired) electrons. The van der Waals surface area contributed by atoms with Crippen LogP contribution in [0, 0.1) is 12.7 Å². The predicted octanol–water partition coefficient (Wildman–Crippen LogP) is 4.15. The first-order chi connectivity index (χ1) is 12.4. The predicted molar refractivity (Wildman–Crippen MR) is 97.0 cm³/mol. The first-order valence-corrected chi connectivity index (χ1v) is 9.39. The van der Waals surface area contributed by atoms with Gasteiger partial charge in [0.1, 0.15) is 5.82 Å². The van der Waals surface area contributed by atoms with E-state index in [2.05, 4.69) is 0 Å². The summed E-state index contributed by atoms with van der Waals surface area (Å²) in [5.41, 5.74) is 2.02. The summed E-state index contributed by atoms with van der Waals surface area (Å²) < 4.78 is 41.2. The molecule has 4 nitrogen and oxygen atoms in total. The van der Waals surface area contributed by atoms with Gasteiger partial charge in [0, 0.05) is 11.1 Å². The van der Waals surface area contributed by atoms with Crippen LogP contribution in [0.25, 0.3) is 11.1 Å². The minimum atomic E-state index is -4.16. The van der Waals surface area contributed by atoms with E-state index in [0.29, 0.717) is 15.4 Å². The Balaban J connectivity index is 2.02. The highest BCUT2D eigenvalue weighted by Gasteiger charge is 2.39. The van der Waals surface area contributed by atoms with Crippen LogP contribution in [0.3, 0.4) is 0 Å². The maximum absolute atomic E-state index is 14.1. The molecule has 0 aromatic heterocycles. The summed E-state index contributed by atoms with van der Waals surface area (Å²) in [5, 5.41) is 0. The standard InChI is InChI=1S/C20H14FNO3S/c1-13-10-11-18-16(12-13)14-6-3-5-9-19(14)26(24,25)22(18)20(23)15-7-2-4-8-17(15)21/h2-12H,1H3. The smallest absolute Gasteiger partial charge is 0.267 e. The molecule has 0 aliphatic carbocycles. The summed E-state index contributed by atoms with van der Waals surface area (Å²) in [4.78, 5) is 13.0. The van der Waals surface area contributed by atoms with E-state index in [9.17, 15) is 17.6 Å². The number of anilines is 1. The Hall–Kier alpha value is -2.99. The van der Waals surface area contributed by atoms with Crippen molar-refractivity contribution in [2.75, 3.05) is 4.31 Å². The van der Waals surface area contributed by atoms with Crippen molar-refractivity contribution in [1.82, 2.24) is 0 Å². The Kier molecular flexibility index (Phi) is 3.66. The number of aryl methyl sites for hydroxylation is 1. The summed E-state index contributed by atoms with van der Waals surface area (Å²) >= 11 is 0. The summed E-state index contributed by atoms with van der Waals surface area (Å²) in [6.45, 7) is 1.88. The second-order valence-electron chi connectivity index (χ2n) is 6.07. The molecule has 6 heteroatoms. The molecule has 26 heavy (non-hydrogen) atoms. The summed E-state index contributed by atoms with van der Waals surface area (Å²) in [6, 6.07) is 17.0. The number of amides is 1. The van der Waals surface area contributed by atoms with E-state index in [1.165, 1.54) is 24.3 Å². The van der Waals surface area contributed by atoms with E-state index in [-0.39, 0.29) is 16.1 Å². The van der Waals surface area contributed by atoms with E-state index >= 15 is 0 Å². The molecule has 0 fully saturated rings. The maximum atomic E-state index is 14.1. The van der Waals surface area contributed by atoms with E-state index in [4.69, 9.17) is 0 Å². The van der Waals surface area contributed by atoms with Crippen molar-refractivity contribution in [3.8, 4) is 11.1 Å². The maximum Gasteiger partial charge on any atom is 0.275 e. The molecule has 130 valence electrons. The van der Waals surface area contributed by atoms with E-state index in [1.807, 2.05) is 13.0 Å². The van der Waals surface area contributed by atoms with Crippen LogP contribution in [0.5, 0.6) is 0 Å². The summed E-state index contributed by atoms with van der Waals surface area (Å²) in [7, 11) is -4.16. The molecule has 0 bridgehead atoms. The molecule has 4 rings (SSSR count). The lowest BCUT2D eigenvalue weighted by molar-refractivity contribution is 0.100. The van der Waals surface area contributed by atoms with Crippen LogP contribution in [0.15, 0.2) is 71.6 Å². The molecule has 0 saturated heterocycles. The van der Waals surface area contributed by atoms with Gasteiger partial charge in [-0.2, -0.15) is 4.31 Å². The number of fused-ring (bicyclic) bond motifs is 3. The van der Waals surface area contributed by atoms with Crippen LogP contribution in [0.1, 0.15) is 15.9 Å². The lowest BCUT2D eigenvalue weighted by Gasteiger charge is -2.30.